The molecule has 1 N–H and O–H groups in total. The first-order valence-corrected chi connectivity index (χ1v) is 6.20. The van der Waals surface area contributed by atoms with Crippen molar-refractivity contribution < 1.29 is 9.18 Å². The highest BCUT2D eigenvalue weighted by atomic mass is 35.5. The molecule has 98 valence electrons. The van der Waals surface area contributed by atoms with Crippen LogP contribution in [0.3, 0.4) is 0 Å². The van der Waals surface area contributed by atoms with Gasteiger partial charge in [0.05, 0.1) is 22.2 Å². The quantitative estimate of drug-likeness (QED) is 0.683. The SMILES string of the molecule is O=C(c1nnn2c1NCC2)c1c(Cl)ccc(F)c1Cl. The lowest BCUT2D eigenvalue weighted by atomic mass is 10.1. The van der Waals surface area contributed by atoms with Crippen LogP contribution in [0.25, 0.3) is 0 Å². The molecule has 0 aliphatic carbocycles. The van der Waals surface area contributed by atoms with Gasteiger partial charge in [0, 0.05) is 6.54 Å². The Bertz CT molecular complexity index is 686. The van der Waals surface area contributed by atoms with Crippen LogP contribution in [0.4, 0.5) is 10.2 Å². The molecule has 0 radical (unpaired) electrons. The number of carbonyl (C=O) groups is 1. The Kier molecular flexibility index (Phi) is 2.91. The molecule has 1 aromatic carbocycles. The van der Waals surface area contributed by atoms with E-state index < -0.39 is 11.6 Å². The number of halogens is 3. The van der Waals surface area contributed by atoms with Crippen LogP contribution >= 0.6 is 23.2 Å². The zero-order chi connectivity index (χ0) is 13.6. The van der Waals surface area contributed by atoms with Gasteiger partial charge in [-0.2, -0.15) is 0 Å². The normalized spacial score (nSPS) is 13.2. The Labute approximate surface area is 117 Å². The number of nitrogens with one attached hydrogen (secondary N) is 1. The second-order valence-corrected chi connectivity index (χ2v) is 4.77. The maximum Gasteiger partial charge on any atom is 0.220 e. The van der Waals surface area contributed by atoms with Crippen LogP contribution in [0, 0.1) is 5.82 Å². The molecule has 8 heteroatoms. The average molecular weight is 301 g/mol. The lowest BCUT2D eigenvalue weighted by molar-refractivity contribution is 0.103. The molecule has 5 nitrogen and oxygen atoms in total. The first kappa shape index (κ1) is 12.4. The minimum atomic E-state index is -0.703. The third kappa shape index (κ3) is 1.87. The molecule has 3 rings (SSSR count). The average Bonchev–Trinajstić information content (AvgIpc) is 2.96. The molecule has 2 heterocycles. The number of benzene rings is 1. The van der Waals surface area contributed by atoms with Crippen LogP contribution in [0.15, 0.2) is 12.1 Å². The van der Waals surface area contributed by atoms with Crippen molar-refractivity contribution in [3.63, 3.8) is 0 Å². The van der Waals surface area contributed by atoms with E-state index in [4.69, 9.17) is 23.2 Å². The number of hydrogen-bond donors (Lipinski definition) is 1. The van der Waals surface area contributed by atoms with Gasteiger partial charge >= 0.3 is 0 Å². The van der Waals surface area contributed by atoms with Gasteiger partial charge in [-0.25, -0.2) is 9.07 Å². The number of hydrogen-bond acceptors (Lipinski definition) is 4. The summed E-state index contributed by atoms with van der Waals surface area (Å²) in [5.74, 6) is -0.752. The van der Waals surface area contributed by atoms with E-state index in [-0.39, 0.29) is 21.3 Å². The van der Waals surface area contributed by atoms with Crippen LogP contribution < -0.4 is 5.32 Å². The maximum atomic E-state index is 13.4. The summed E-state index contributed by atoms with van der Waals surface area (Å²) >= 11 is 11.7. The summed E-state index contributed by atoms with van der Waals surface area (Å²) < 4.78 is 15.0. The molecule has 19 heavy (non-hydrogen) atoms. The molecule has 0 unspecified atom stereocenters. The lowest BCUT2D eigenvalue weighted by Gasteiger charge is -2.05. The van der Waals surface area contributed by atoms with Crippen LogP contribution in [-0.2, 0) is 6.54 Å². The van der Waals surface area contributed by atoms with Crippen LogP contribution in [0.5, 0.6) is 0 Å². The number of ketones is 1. The fourth-order valence-electron chi connectivity index (χ4n) is 1.93. The van der Waals surface area contributed by atoms with Gasteiger partial charge in [0.25, 0.3) is 0 Å². The van der Waals surface area contributed by atoms with Gasteiger partial charge in [-0.15, -0.1) is 5.10 Å². The Balaban J connectivity index is 2.12. The van der Waals surface area contributed by atoms with E-state index in [0.717, 1.165) is 6.07 Å². The number of carbonyl (C=O) groups excluding carboxylic acids is 1. The van der Waals surface area contributed by atoms with Gasteiger partial charge in [-0.05, 0) is 12.1 Å². The van der Waals surface area contributed by atoms with Crippen molar-refractivity contribution in [3.05, 3.63) is 39.3 Å². The fourth-order valence-corrected chi connectivity index (χ4v) is 2.47. The number of nitrogens with zero attached hydrogens (tertiary/aromatic N) is 3. The van der Waals surface area contributed by atoms with Crippen molar-refractivity contribution in [3.8, 4) is 0 Å². The van der Waals surface area contributed by atoms with Gasteiger partial charge in [-0.1, -0.05) is 28.4 Å². The third-order valence-electron chi connectivity index (χ3n) is 2.84. The molecule has 1 aliphatic heterocycles. The minimum Gasteiger partial charge on any atom is -0.366 e. The zero-order valence-electron chi connectivity index (χ0n) is 9.45. The topological polar surface area (TPSA) is 59.8 Å². The lowest BCUT2D eigenvalue weighted by Crippen LogP contribution is -2.08. The highest BCUT2D eigenvalue weighted by Crippen LogP contribution is 2.31. The van der Waals surface area contributed by atoms with E-state index in [9.17, 15) is 9.18 Å². The van der Waals surface area contributed by atoms with Crippen molar-refractivity contribution in [2.75, 3.05) is 11.9 Å². The molecule has 1 aliphatic rings. The molecule has 0 saturated carbocycles. The highest BCUT2D eigenvalue weighted by Gasteiger charge is 2.27. The van der Waals surface area contributed by atoms with E-state index in [1.807, 2.05) is 0 Å². The second-order valence-electron chi connectivity index (χ2n) is 3.98. The summed E-state index contributed by atoms with van der Waals surface area (Å²) in [4.78, 5) is 12.4. The van der Waals surface area contributed by atoms with Crippen LogP contribution in [0.1, 0.15) is 16.1 Å². The van der Waals surface area contributed by atoms with Crippen LogP contribution in [0.2, 0.25) is 10.0 Å². The molecule has 1 aromatic heterocycles. The third-order valence-corrected chi connectivity index (χ3v) is 3.52. The molecule has 0 saturated heterocycles. The molecule has 2 aromatic rings. The number of anilines is 1. The van der Waals surface area contributed by atoms with E-state index >= 15 is 0 Å². The summed E-state index contributed by atoms with van der Waals surface area (Å²) in [6.07, 6.45) is 0. The Morgan fingerprint density at radius 3 is 3.00 bits per heavy atom. The fraction of sp³-hybridized carbons (Fsp3) is 0.182. The Hall–Kier alpha value is -1.66. The minimum absolute atomic E-state index is 0.0798. The Morgan fingerprint density at radius 2 is 2.21 bits per heavy atom. The van der Waals surface area contributed by atoms with Crippen molar-refractivity contribution in [1.29, 1.82) is 0 Å². The summed E-state index contributed by atoms with van der Waals surface area (Å²) in [7, 11) is 0. The first-order chi connectivity index (χ1) is 9.09. The van der Waals surface area contributed by atoms with E-state index in [1.165, 1.54) is 6.07 Å². The molecule has 0 atom stereocenters. The van der Waals surface area contributed by atoms with Gasteiger partial charge in [0.15, 0.2) is 11.5 Å². The van der Waals surface area contributed by atoms with Gasteiger partial charge in [0.2, 0.25) is 5.78 Å². The van der Waals surface area contributed by atoms with E-state index in [2.05, 4.69) is 15.6 Å². The number of aromatic nitrogens is 3. The summed E-state index contributed by atoms with van der Waals surface area (Å²) in [6, 6.07) is 2.39. The maximum absolute atomic E-state index is 13.4. The Morgan fingerprint density at radius 1 is 1.42 bits per heavy atom. The summed E-state index contributed by atoms with van der Waals surface area (Å²) in [5.41, 5.74) is -0.00719. The molecule has 0 spiro atoms. The van der Waals surface area contributed by atoms with Crippen molar-refractivity contribution in [2.24, 2.45) is 0 Å². The number of rotatable bonds is 2. The standard InChI is InChI=1S/C11H7Cl2FN4O/c12-5-1-2-6(14)8(13)7(5)10(19)9-11-15-3-4-18(11)17-16-9/h1-2,15H,3-4H2. The first-order valence-electron chi connectivity index (χ1n) is 5.45. The summed E-state index contributed by atoms with van der Waals surface area (Å²) in [6.45, 7) is 1.29. The monoisotopic (exact) mass is 300 g/mol. The molecular weight excluding hydrogens is 294 g/mol. The van der Waals surface area contributed by atoms with Crippen LogP contribution in [-0.4, -0.2) is 27.3 Å². The molecular formula is C11H7Cl2FN4O. The molecule has 0 amide bonds. The van der Waals surface area contributed by atoms with E-state index in [0.29, 0.717) is 18.9 Å². The largest absolute Gasteiger partial charge is 0.366 e. The number of fused-ring (bicyclic) bond motifs is 1. The van der Waals surface area contributed by atoms with Crippen molar-refractivity contribution in [1.82, 2.24) is 15.0 Å². The second kappa shape index (κ2) is 4.47. The smallest absolute Gasteiger partial charge is 0.220 e. The van der Waals surface area contributed by atoms with Gasteiger partial charge in [-0.3, -0.25) is 4.79 Å². The summed E-state index contributed by atoms with van der Waals surface area (Å²) in [5, 5.41) is 10.4. The molecule has 0 fully saturated rings. The predicted molar refractivity (Wildman–Crippen MR) is 68.4 cm³/mol. The van der Waals surface area contributed by atoms with Gasteiger partial charge < -0.3 is 5.32 Å². The van der Waals surface area contributed by atoms with Gasteiger partial charge in [0.1, 0.15) is 5.82 Å². The predicted octanol–water partition coefficient (Wildman–Crippen LogP) is 2.38. The zero-order valence-corrected chi connectivity index (χ0v) is 11.0. The van der Waals surface area contributed by atoms with Crippen molar-refractivity contribution >= 4 is 34.8 Å². The highest BCUT2D eigenvalue weighted by molar-refractivity contribution is 6.41. The van der Waals surface area contributed by atoms with Crippen molar-refractivity contribution in [2.45, 2.75) is 6.54 Å². The van der Waals surface area contributed by atoms with E-state index in [1.54, 1.807) is 4.68 Å². The molecule has 0 bridgehead atoms.